The zero-order valence-electron chi connectivity index (χ0n) is 7.64. The second-order valence-corrected chi connectivity index (χ2v) is 3.24. The lowest BCUT2D eigenvalue weighted by molar-refractivity contribution is 0.636. The molecule has 1 heteroatoms. The highest BCUT2D eigenvalue weighted by Crippen LogP contribution is 2.06. The molecule has 11 heavy (non-hydrogen) atoms. The van der Waals surface area contributed by atoms with Crippen LogP contribution in [0, 0.1) is 5.92 Å². The van der Waals surface area contributed by atoms with Crippen molar-refractivity contribution in [1.82, 2.24) is 0 Å². The van der Waals surface area contributed by atoms with Gasteiger partial charge in [-0.25, -0.2) is 0 Å². The minimum absolute atomic E-state index is 0.662. The summed E-state index contributed by atoms with van der Waals surface area (Å²) in [6, 6.07) is 0. The van der Waals surface area contributed by atoms with Gasteiger partial charge in [0.05, 0.1) is 0 Å². The number of hydrogen-bond donors (Lipinski definition) is 1. The van der Waals surface area contributed by atoms with Crippen LogP contribution in [0.25, 0.3) is 0 Å². The predicted molar refractivity (Wildman–Crippen MR) is 51.2 cm³/mol. The SMILES string of the molecule is C=CCC/C=C(/N)CC(C)C. The van der Waals surface area contributed by atoms with Crippen molar-refractivity contribution in [2.75, 3.05) is 0 Å². The standard InChI is InChI=1S/C10H19N/c1-4-5-6-7-10(11)8-9(2)3/h4,7,9H,1,5-6,8,11H2,2-3H3/b10-7+. The Labute approximate surface area is 70.0 Å². The highest BCUT2D eigenvalue weighted by atomic mass is 14.6. The van der Waals surface area contributed by atoms with Gasteiger partial charge in [-0.05, 0) is 25.2 Å². The molecule has 0 amide bonds. The van der Waals surface area contributed by atoms with Crippen molar-refractivity contribution >= 4 is 0 Å². The topological polar surface area (TPSA) is 26.0 Å². The van der Waals surface area contributed by atoms with E-state index in [1.807, 2.05) is 6.08 Å². The van der Waals surface area contributed by atoms with Gasteiger partial charge in [0.1, 0.15) is 0 Å². The van der Waals surface area contributed by atoms with Gasteiger partial charge >= 0.3 is 0 Å². The van der Waals surface area contributed by atoms with Crippen molar-refractivity contribution in [3.8, 4) is 0 Å². The van der Waals surface area contributed by atoms with Crippen LogP contribution in [0.5, 0.6) is 0 Å². The number of rotatable bonds is 5. The van der Waals surface area contributed by atoms with E-state index in [1.165, 1.54) is 0 Å². The molecule has 1 nitrogen and oxygen atoms in total. The Hall–Kier alpha value is -0.720. The molecule has 0 aromatic carbocycles. The van der Waals surface area contributed by atoms with Crippen LogP contribution >= 0.6 is 0 Å². The Morgan fingerprint density at radius 3 is 2.55 bits per heavy atom. The molecule has 0 aromatic rings. The van der Waals surface area contributed by atoms with Gasteiger partial charge in [-0.2, -0.15) is 0 Å². The Balaban J connectivity index is 3.53. The number of allylic oxidation sites excluding steroid dienone is 3. The fourth-order valence-electron chi connectivity index (χ4n) is 0.941. The summed E-state index contributed by atoms with van der Waals surface area (Å²) < 4.78 is 0. The van der Waals surface area contributed by atoms with Crippen LogP contribution in [0.1, 0.15) is 33.1 Å². The summed E-state index contributed by atoms with van der Waals surface area (Å²) in [5.41, 5.74) is 6.76. The van der Waals surface area contributed by atoms with Gasteiger partial charge in [-0.3, -0.25) is 0 Å². The van der Waals surface area contributed by atoms with Crippen molar-refractivity contribution in [3.63, 3.8) is 0 Å². The van der Waals surface area contributed by atoms with Crippen LogP contribution in [-0.4, -0.2) is 0 Å². The lowest BCUT2D eigenvalue weighted by Gasteiger charge is -2.03. The first-order chi connectivity index (χ1) is 5.16. The van der Waals surface area contributed by atoms with Crippen molar-refractivity contribution < 1.29 is 0 Å². The van der Waals surface area contributed by atoms with E-state index in [1.54, 1.807) is 0 Å². The molecule has 0 aliphatic rings. The van der Waals surface area contributed by atoms with Crippen LogP contribution in [0.4, 0.5) is 0 Å². The fraction of sp³-hybridized carbons (Fsp3) is 0.600. The van der Waals surface area contributed by atoms with Gasteiger partial charge in [0, 0.05) is 5.70 Å². The minimum atomic E-state index is 0.662. The first kappa shape index (κ1) is 10.3. The van der Waals surface area contributed by atoms with E-state index < -0.39 is 0 Å². The van der Waals surface area contributed by atoms with Gasteiger partial charge < -0.3 is 5.73 Å². The van der Waals surface area contributed by atoms with E-state index in [0.717, 1.165) is 25.0 Å². The molecule has 0 saturated carbocycles. The fourth-order valence-corrected chi connectivity index (χ4v) is 0.941. The van der Waals surface area contributed by atoms with Crippen LogP contribution in [-0.2, 0) is 0 Å². The van der Waals surface area contributed by atoms with Crippen LogP contribution in [0.3, 0.4) is 0 Å². The Morgan fingerprint density at radius 2 is 2.09 bits per heavy atom. The van der Waals surface area contributed by atoms with E-state index in [9.17, 15) is 0 Å². The first-order valence-corrected chi connectivity index (χ1v) is 4.22. The average Bonchev–Trinajstić information content (AvgIpc) is 1.86. The molecule has 0 spiro atoms. The number of nitrogens with two attached hydrogens (primary N) is 1. The lowest BCUT2D eigenvalue weighted by atomic mass is 10.1. The van der Waals surface area contributed by atoms with Gasteiger partial charge in [0.2, 0.25) is 0 Å². The second-order valence-electron chi connectivity index (χ2n) is 3.24. The van der Waals surface area contributed by atoms with Crippen molar-refractivity contribution in [2.24, 2.45) is 11.7 Å². The summed E-state index contributed by atoms with van der Waals surface area (Å²) in [6.07, 6.45) is 7.08. The van der Waals surface area contributed by atoms with Gasteiger partial charge in [-0.1, -0.05) is 26.0 Å². The van der Waals surface area contributed by atoms with Gasteiger partial charge in [-0.15, -0.1) is 6.58 Å². The summed E-state index contributed by atoms with van der Waals surface area (Å²) in [5.74, 6) is 0.662. The molecular weight excluding hydrogens is 134 g/mol. The summed E-state index contributed by atoms with van der Waals surface area (Å²) in [5, 5.41) is 0. The highest BCUT2D eigenvalue weighted by Gasteiger charge is 1.94. The average molecular weight is 153 g/mol. The zero-order chi connectivity index (χ0) is 8.69. The molecule has 0 fully saturated rings. The van der Waals surface area contributed by atoms with Crippen LogP contribution < -0.4 is 5.73 Å². The number of unbranched alkanes of at least 4 members (excludes halogenated alkanes) is 1. The third-order valence-corrected chi connectivity index (χ3v) is 1.42. The minimum Gasteiger partial charge on any atom is -0.402 e. The van der Waals surface area contributed by atoms with E-state index in [4.69, 9.17) is 5.73 Å². The molecule has 0 rings (SSSR count). The third kappa shape index (κ3) is 7.17. The molecule has 64 valence electrons. The van der Waals surface area contributed by atoms with E-state index in [0.29, 0.717) is 5.92 Å². The van der Waals surface area contributed by atoms with Gasteiger partial charge in [0.25, 0.3) is 0 Å². The second kappa shape index (κ2) is 6.02. The van der Waals surface area contributed by atoms with Crippen molar-refractivity contribution in [2.45, 2.75) is 33.1 Å². The molecule has 0 aromatic heterocycles. The monoisotopic (exact) mass is 153 g/mol. The van der Waals surface area contributed by atoms with Crippen molar-refractivity contribution in [1.29, 1.82) is 0 Å². The summed E-state index contributed by atoms with van der Waals surface area (Å²) >= 11 is 0. The molecular formula is C10H19N. The summed E-state index contributed by atoms with van der Waals surface area (Å²) in [7, 11) is 0. The summed E-state index contributed by atoms with van der Waals surface area (Å²) in [6.45, 7) is 8.00. The van der Waals surface area contributed by atoms with E-state index in [-0.39, 0.29) is 0 Å². The smallest absolute Gasteiger partial charge is 0.00426 e. The molecule has 0 aliphatic carbocycles. The van der Waals surface area contributed by atoms with Crippen molar-refractivity contribution in [3.05, 3.63) is 24.4 Å². The van der Waals surface area contributed by atoms with E-state index in [2.05, 4.69) is 26.5 Å². The summed E-state index contributed by atoms with van der Waals surface area (Å²) in [4.78, 5) is 0. The molecule has 0 aliphatic heterocycles. The molecule has 0 bridgehead atoms. The Bertz CT molecular complexity index is 134. The zero-order valence-corrected chi connectivity index (χ0v) is 7.64. The Kier molecular flexibility index (Phi) is 5.63. The largest absolute Gasteiger partial charge is 0.402 e. The predicted octanol–water partition coefficient (Wildman–Crippen LogP) is 2.84. The molecule has 0 radical (unpaired) electrons. The Morgan fingerprint density at radius 1 is 1.45 bits per heavy atom. The quantitative estimate of drug-likeness (QED) is 0.477. The highest BCUT2D eigenvalue weighted by molar-refractivity contribution is 4.97. The normalized spacial score (nSPS) is 12.1. The maximum Gasteiger partial charge on any atom is 0.00426 e. The molecule has 0 heterocycles. The third-order valence-electron chi connectivity index (χ3n) is 1.42. The maximum absolute atomic E-state index is 5.74. The molecule has 0 atom stereocenters. The lowest BCUT2D eigenvalue weighted by Crippen LogP contribution is -2.01. The molecule has 0 unspecified atom stereocenters. The first-order valence-electron chi connectivity index (χ1n) is 4.22. The van der Waals surface area contributed by atoms with Crippen LogP contribution in [0.2, 0.25) is 0 Å². The maximum atomic E-state index is 5.74. The van der Waals surface area contributed by atoms with Gasteiger partial charge in [0.15, 0.2) is 0 Å². The molecule has 2 N–H and O–H groups in total. The number of hydrogen-bond acceptors (Lipinski definition) is 1. The van der Waals surface area contributed by atoms with Crippen LogP contribution in [0.15, 0.2) is 24.4 Å². The molecule has 0 saturated heterocycles. The van der Waals surface area contributed by atoms with E-state index >= 15 is 0 Å².